The van der Waals surface area contributed by atoms with Gasteiger partial charge in [0.25, 0.3) is 0 Å². The molecule has 2 aromatic carbocycles. The highest BCUT2D eigenvalue weighted by Gasteiger charge is 2.24. The summed E-state index contributed by atoms with van der Waals surface area (Å²) in [6.07, 6.45) is 5.85. The lowest BCUT2D eigenvalue weighted by Crippen LogP contribution is -2.54. The van der Waals surface area contributed by atoms with Gasteiger partial charge in [-0.05, 0) is 36.1 Å². The second-order valence-electron chi connectivity index (χ2n) is 8.52. The van der Waals surface area contributed by atoms with Gasteiger partial charge in [-0.15, -0.1) is 0 Å². The van der Waals surface area contributed by atoms with Crippen LogP contribution in [0.4, 0.5) is 0 Å². The third-order valence-corrected chi connectivity index (χ3v) is 5.95. The molecule has 4 N–H and O–H groups in total. The summed E-state index contributed by atoms with van der Waals surface area (Å²) in [5.74, 6) is 0.382. The Bertz CT molecular complexity index is 974. The van der Waals surface area contributed by atoms with Gasteiger partial charge in [-0.1, -0.05) is 55.7 Å². The van der Waals surface area contributed by atoms with E-state index in [0.717, 1.165) is 36.8 Å². The maximum absolute atomic E-state index is 13.1. The van der Waals surface area contributed by atoms with Crippen LogP contribution in [0.3, 0.4) is 0 Å². The van der Waals surface area contributed by atoms with Crippen LogP contribution in [0, 0.1) is 5.41 Å². The van der Waals surface area contributed by atoms with Crippen LogP contribution in [-0.2, 0) is 22.4 Å². The van der Waals surface area contributed by atoms with Crippen LogP contribution >= 0.6 is 0 Å². The standard InChI is InChI=1S/C26H34N4O4/c1-33-22-14-13-19(16-23(22)34-2)17-24(31)30-26(27)29-21(15-18-9-5-3-6-10-18)25(32)28-20-11-7-4-8-12-20/h3,5-6,9-10,13-14,16,20-21H,4,7-8,11-12,15,17H2,1-2H3,(H,28,32)(H3,27,29,30,31)/t21-/m1/s1. The Kier molecular flexibility index (Phi) is 9.31. The molecule has 182 valence electrons. The Labute approximate surface area is 200 Å². The monoisotopic (exact) mass is 466 g/mol. The minimum absolute atomic E-state index is 0.0576. The van der Waals surface area contributed by atoms with E-state index in [0.29, 0.717) is 17.9 Å². The van der Waals surface area contributed by atoms with Crippen LogP contribution in [0.15, 0.2) is 48.5 Å². The third-order valence-electron chi connectivity index (χ3n) is 5.95. The molecule has 0 unspecified atom stereocenters. The SMILES string of the molecule is COc1ccc(CC(=O)NC(=N)N[C@H](Cc2ccccc2)C(=O)NC2CCCCC2)cc1OC. The molecule has 0 saturated heterocycles. The molecular weight excluding hydrogens is 432 g/mol. The number of amides is 2. The van der Waals surface area contributed by atoms with Crippen molar-refractivity contribution in [3.63, 3.8) is 0 Å². The van der Waals surface area contributed by atoms with Crippen LogP contribution < -0.4 is 25.4 Å². The highest BCUT2D eigenvalue weighted by atomic mass is 16.5. The summed E-state index contributed by atoms with van der Waals surface area (Å²) in [5.41, 5.74) is 1.70. The largest absolute Gasteiger partial charge is 0.493 e. The molecule has 1 aliphatic carbocycles. The number of benzene rings is 2. The molecule has 1 atom stereocenters. The smallest absolute Gasteiger partial charge is 0.243 e. The van der Waals surface area contributed by atoms with Crippen molar-refractivity contribution in [3.05, 3.63) is 59.7 Å². The maximum atomic E-state index is 13.1. The van der Waals surface area contributed by atoms with Crippen molar-refractivity contribution < 1.29 is 19.1 Å². The molecule has 0 radical (unpaired) electrons. The summed E-state index contributed by atoms with van der Waals surface area (Å²) < 4.78 is 10.5. The Hall–Kier alpha value is -3.55. The van der Waals surface area contributed by atoms with E-state index in [9.17, 15) is 9.59 Å². The van der Waals surface area contributed by atoms with Gasteiger partial charge in [-0.3, -0.25) is 20.3 Å². The highest BCUT2D eigenvalue weighted by Crippen LogP contribution is 2.27. The molecule has 0 spiro atoms. The molecule has 2 amide bonds. The second-order valence-corrected chi connectivity index (χ2v) is 8.52. The molecule has 0 aliphatic heterocycles. The quantitative estimate of drug-likeness (QED) is 0.335. The molecule has 34 heavy (non-hydrogen) atoms. The van der Waals surface area contributed by atoms with Gasteiger partial charge < -0.3 is 20.1 Å². The number of ether oxygens (including phenoxy) is 2. The Morgan fingerprint density at radius 3 is 2.35 bits per heavy atom. The zero-order chi connectivity index (χ0) is 24.3. The first kappa shape index (κ1) is 25.1. The first-order valence-electron chi connectivity index (χ1n) is 11.7. The third kappa shape index (κ3) is 7.50. The Morgan fingerprint density at radius 1 is 0.971 bits per heavy atom. The fraction of sp³-hybridized carbons (Fsp3) is 0.423. The average molecular weight is 467 g/mol. The minimum Gasteiger partial charge on any atom is -0.493 e. The van der Waals surface area contributed by atoms with Gasteiger partial charge in [0.2, 0.25) is 11.8 Å². The summed E-state index contributed by atoms with van der Waals surface area (Å²) in [6, 6.07) is 14.4. The fourth-order valence-corrected chi connectivity index (χ4v) is 4.18. The van der Waals surface area contributed by atoms with Crippen LogP contribution in [0.2, 0.25) is 0 Å². The number of rotatable bonds is 9. The van der Waals surface area contributed by atoms with Crippen molar-refractivity contribution in [1.29, 1.82) is 5.41 Å². The number of methoxy groups -OCH3 is 2. The van der Waals surface area contributed by atoms with Gasteiger partial charge in [-0.25, -0.2) is 0 Å². The number of nitrogens with one attached hydrogen (secondary N) is 4. The summed E-state index contributed by atoms with van der Waals surface area (Å²) in [4.78, 5) is 25.6. The van der Waals surface area contributed by atoms with E-state index in [1.165, 1.54) is 13.5 Å². The number of hydrogen-bond acceptors (Lipinski definition) is 5. The van der Waals surface area contributed by atoms with Crippen LogP contribution in [-0.4, -0.2) is 44.1 Å². The van der Waals surface area contributed by atoms with Gasteiger partial charge in [-0.2, -0.15) is 0 Å². The van der Waals surface area contributed by atoms with Crippen LogP contribution in [0.25, 0.3) is 0 Å². The predicted molar refractivity (Wildman–Crippen MR) is 131 cm³/mol. The lowest BCUT2D eigenvalue weighted by molar-refractivity contribution is -0.124. The van der Waals surface area contributed by atoms with E-state index >= 15 is 0 Å². The first-order chi connectivity index (χ1) is 16.5. The molecule has 3 rings (SSSR count). The van der Waals surface area contributed by atoms with Crippen molar-refractivity contribution >= 4 is 17.8 Å². The zero-order valence-electron chi connectivity index (χ0n) is 19.9. The Balaban J connectivity index is 1.60. The molecule has 2 aromatic rings. The van der Waals surface area contributed by atoms with Crippen molar-refractivity contribution in [2.75, 3.05) is 14.2 Å². The van der Waals surface area contributed by atoms with E-state index < -0.39 is 6.04 Å². The van der Waals surface area contributed by atoms with E-state index in [4.69, 9.17) is 14.9 Å². The molecule has 0 heterocycles. The van der Waals surface area contributed by atoms with Crippen molar-refractivity contribution in [3.8, 4) is 11.5 Å². The molecule has 1 saturated carbocycles. The maximum Gasteiger partial charge on any atom is 0.243 e. The van der Waals surface area contributed by atoms with Gasteiger partial charge in [0.15, 0.2) is 17.5 Å². The molecule has 0 aromatic heterocycles. The number of hydrogen-bond donors (Lipinski definition) is 4. The number of carbonyl (C=O) groups is 2. The lowest BCUT2D eigenvalue weighted by atomic mass is 9.95. The molecular formula is C26H34N4O4. The first-order valence-corrected chi connectivity index (χ1v) is 11.7. The molecule has 0 bridgehead atoms. The summed E-state index contributed by atoms with van der Waals surface area (Å²) >= 11 is 0. The molecule has 1 fully saturated rings. The second kappa shape index (κ2) is 12.6. The van der Waals surface area contributed by atoms with Crippen molar-refractivity contribution in [2.45, 2.75) is 57.0 Å². The highest BCUT2D eigenvalue weighted by molar-refractivity contribution is 5.98. The topological polar surface area (TPSA) is 113 Å². The van der Waals surface area contributed by atoms with E-state index in [-0.39, 0.29) is 30.2 Å². The lowest BCUT2D eigenvalue weighted by Gasteiger charge is -2.26. The van der Waals surface area contributed by atoms with Crippen molar-refractivity contribution in [1.82, 2.24) is 16.0 Å². The average Bonchev–Trinajstić information content (AvgIpc) is 2.84. The van der Waals surface area contributed by atoms with Gasteiger partial charge in [0, 0.05) is 12.5 Å². The van der Waals surface area contributed by atoms with E-state index in [2.05, 4.69) is 16.0 Å². The number of guanidine groups is 1. The normalized spacial score (nSPS) is 14.5. The fourth-order valence-electron chi connectivity index (χ4n) is 4.18. The van der Waals surface area contributed by atoms with E-state index in [1.807, 2.05) is 30.3 Å². The zero-order valence-corrected chi connectivity index (χ0v) is 19.9. The molecule has 1 aliphatic rings. The molecule has 8 nitrogen and oxygen atoms in total. The predicted octanol–water partition coefficient (Wildman–Crippen LogP) is 2.95. The van der Waals surface area contributed by atoms with Gasteiger partial charge in [0.05, 0.1) is 20.6 Å². The van der Waals surface area contributed by atoms with Gasteiger partial charge in [0.1, 0.15) is 6.04 Å². The summed E-state index contributed by atoms with van der Waals surface area (Å²) in [6.45, 7) is 0. The van der Waals surface area contributed by atoms with Crippen molar-refractivity contribution in [2.24, 2.45) is 0 Å². The summed E-state index contributed by atoms with van der Waals surface area (Å²) in [7, 11) is 3.08. The summed E-state index contributed by atoms with van der Waals surface area (Å²) in [5, 5.41) is 16.9. The Morgan fingerprint density at radius 2 is 1.68 bits per heavy atom. The van der Waals surface area contributed by atoms with Crippen LogP contribution in [0.1, 0.15) is 43.2 Å². The van der Waals surface area contributed by atoms with E-state index in [1.54, 1.807) is 25.3 Å². The molecule has 8 heteroatoms. The van der Waals surface area contributed by atoms with Gasteiger partial charge >= 0.3 is 0 Å². The number of carbonyl (C=O) groups excluding carboxylic acids is 2. The van der Waals surface area contributed by atoms with Crippen LogP contribution in [0.5, 0.6) is 11.5 Å². The minimum atomic E-state index is -0.668.